The molecule has 1 saturated carbocycles. The summed E-state index contributed by atoms with van der Waals surface area (Å²) in [4.78, 5) is 22.1. The maximum absolute atomic E-state index is 11.4. The van der Waals surface area contributed by atoms with Crippen molar-refractivity contribution in [1.82, 2.24) is 25.5 Å². The van der Waals surface area contributed by atoms with Gasteiger partial charge in [0.25, 0.3) is 0 Å². The zero-order valence-corrected chi connectivity index (χ0v) is 7.75. The summed E-state index contributed by atoms with van der Waals surface area (Å²) in [5, 5.41) is 21.5. The Morgan fingerprint density at radius 2 is 2.27 bits per heavy atom. The summed E-state index contributed by atoms with van der Waals surface area (Å²) in [6, 6.07) is 0. The van der Waals surface area contributed by atoms with Gasteiger partial charge in [0, 0.05) is 0 Å². The highest BCUT2D eigenvalue weighted by Crippen LogP contribution is 2.35. The fourth-order valence-electron chi connectivity index (χ4n) is 1.22. The number of aliphatic carboxylic acids is 1. The van der Waals surface area contributed by atoms with Gasteiger partial charge in [-0.15, -0.1) is 5.10 Å². The first-order chi connectivity index (χ1) is 7.12. The van der Waals surface area contributed by atoms with E-state index >= 15 is 0 Å². The molecular weight excluding hydrogens is 202 g/mol. The van der Waals surface area contributed by atoms with Gasteiger partial charge in [0.2, 0.25) is 5.91 Å². The molecule has 1 aliphatic rings. The first-order valence-corrected chi connectivity index (χ1v) is 4.38. The molecule has 8 heteroatoms. The average Bonchev–Trinajstić information content (AvgIpc) is 2.75. The predicted octanol–water partition coefficient (Wildman–Crippen LogP) is -1.59. The molecular formula is C7H9N5O3. The van der Waals surface area contributed by atoms with E-state index in [1.165, 1.54) is 11.0 Å². The molecule has 15 heavy (non-hydrogen) atoms. The molecule has 8 nitrogen and oxygen atoms in total. The Morgan fingerprint density at radius 1 is 1.53 bits per heavy atom. The number of carboxylic acids is 1. The number of aromatic nitrogens is 4. The van der Waals surface area contributed by atoms with Crippen LogP contribution in [0.1, 0.15) is 12.8 Å². The van der Waals surface area contributed by atoms with Crippen LogP contribution in [0.4, 0.5) is 0 Å². The zero-order valence-electron chi connectivity index (χ0n) is 7.75. The normalized spacial score (nSPS) is 17.1. The number of hydrogen-bond acceptors (Lipinski definition) is 5. The molecule has 0 saturated heterocycles. The largest absolute Gasteiger partial charge is 0.480 e. The molecule has 1 aliphatic carbocycles. The van der Waals surface area contributed by atoms with Gasteiger partial charge < -0.3 is 10.4 Å². The number of nitrogens with zero attached hydrogens (tertiary/aromatic N) is 4. The van der Waals surface area contributed by atoms with Gasteiger partial charge in [-0.3, -0.25) is 4.79 Å². The smallest absolute Gasteiger partial charge is 0.329 e. The number of carbonyl (C=O) groups is 2. The zero-order chi connectivity index (χ0) is 10.9. The average molecular weight is 211 g/mol. The van der Waals surface area contributed by atoms with Gasteiger partial charge in [-0.2, -0.15) is 0 Å². The fourth-order valence-corrected chi connectivity index (χ4v) is 1.22. The van der Waals surface area contributed by atoms with Crippen molar-refractivity contribution in [2.24, 2.45) is 0 Å². The Bertz CT molecular complexity index is 383. The summed E-state index contributed by atoms with van der Waals surface area (Å²) < 4.78 is 1.23. The Hall–Kier alpha value is -1.99. The minimum absolute atomic E-state index is 0.0674. The molecule has 0 unspecified atom stereocenters. The van der Waals surface area contributed by atoms with Crippen LogP contribution >= 0.6 is 0 Å². The summed E-state index contributed by atoms with van der Waals surface area (Å²) in [5.41, 5.74) is -1.05. The highest BCUT2D eigenvalue weighted by Gasteiger charge is 2.51. The third-order valence-corrected chi connectivity index (χ3v) is 2.24. The van der Waals surface area contributed by atoms with Crippen molar-refractivity contribution >= 4 is 11.9 Å². The number of carbonyl (C=O) groups excluding carboxylic acids is 1. The summed E-state index contributed by atoms with van der Waals surface area (Å²) in [5.74, 6) is -1.39. The second-order valence-corrected chi connectivity index (χ2v) is 3.44. The quantitative estimate of drug-likeness (QED) is 0.621. The number of tetrazole rings is 1. The van der Waals surface area contributed by atoms with Gasteiger partial charge in [-0.05, 0) is 23.3 Å². The minimum atomic E-state index is -1.05. The Labute approximate surface area is 84.3 Å². The van der Waals surface area contributed by atoms with Crippen LogP contribution in [0, 0.1) is 0 Å². The van der Waals surface area contributed by atoms with Gasteiger partial charge in [0.15, 0.2) is 0 Å². The standard InChI is InChI=1S/C7H9N5O3/c13-5(3-12-4-8-10-11-12)9-7(1-2-7)6(14)15/h4H,1-3H2,(H,9,13)(H,14,15). The van der Waals surface area contributed by atoms with Crippen molar-refractivity contribution in [2.45, 2.75) is 24.9 Å². The highest BCUT2D eigenvalue weighted by atomic mass is 16.4. The summed E-state index contributed by atoms with van der Waals surface area (Å²) in [7, 11) is 0. The third kappa shape index (κ3) is 1.92. The van der Waals surface area contributed by atoms with Crippen LogP contribution in [0.25, 0.3) is 0 Å². The number of rotatable bonds is 4. The van der Waals surface area contributed by atoms with Crippen LogP contribution in [0.15, 0.2) is 6.33 Å². The number of nitrogens with one attached hydrogen (secondary N) is 1. The molecule has 0 aromatic carbocycles. The maximum atomic E-state index is 11.4. The monoisotopic (exact) mass is 211 g/mol. The second kappa shape index (κ2) is 3.30. The second-order valence-electron chi connectivity index (χ2n) is 3.44. The minimum Gasteiger partial charge on any atom is -0.480 e. The van der Waals surface area contributed by atoms with E-state index in [4.69, 9.17) is 5.11 Å². The van der Waals surface area contributed by atoms with Crippen molar-refractivity contribution in [1.29, 1.82) is 0 Å². The third-order valence-electron chi connectivity index (χ3n) is 2.24. The van der Waals surface area contributed by atoms with Crippen molar-refractivity contribution in [3.05, 3.63) is 6.33 Å². The lowest BCUT2D eigenvalue weighted by Gasteiger charge is -2.11. The molecule has 1 aromatic rings. The van der Waals surface area contributed by atoms with Crippen LogP contribution in [0.2, 0.25) is 0 Å². The predicted molar refractivity (Wildman–Crippen MR) is 45.6 cm³/mol. The van der Waals surface area contributed by atoms with Crippen LogP contribution in [-0.4, -0.2) is 42.7 Å². The van der Waals surface area contributed by atoms with Crippen LogP contribution in [0.3, 0.4) is 0 Å². The van der Waals surface area contributed by atoms with Crippen LogP contribution < -0.4 is 5.32 Å². The first-order valence-electron chi connectivity index (χ1n) is 4.38. The molecule has 0 radical (unpaired) electrons. The van der Waals surface area contributed by atoms with E-state index in [1.54, 1.807) is 0 Å². The van der Waals surface area contributed by atoms with Crippen molar-refractivity contribution < 1.29 is 14.7 Å². The van der Waals surface area contributed by atoms with E-state index < -0.39 is 17.4 Å². The topological polar surface area (TPSA) is 110 Å². The van der Waals surface area contributed by atoms with E-state index in [-0.39, 0.29) is 6.54 Å². The first kappa shape index (κ1) is 9.56. The van der Waals surface area contributed by atoms with Gasteiger partial charge in [0.1, 0.15) is 18.4 Å². The Morgan fingerprint density at radius 3 is 2.73 bits per heavy atom. The molecule has 0 bridgehead atoms. The van der Waals surface area contributed by atoms with E-state index in [9.17, 15) is 9.59 Å². The van der Waals surface area contributed by atoms with Gasteiger partial charge in [-0.1, -0.05) is 0 Å². The lowest BCUT2D eigenvalue weighted by Crippen LogP contribution is -2.44. The summed E-state index contributed by atoms with van der Waals surface area (Å²) >= 11 is 0. The van der Waals surface area contributed by atoms with E-state index in [0.29, 0.717) is 12.8 Å². The van der Waals surface area contributed by atoms with Gasteiger partial charge >= 0.3 is 5.97 Å². The Kier molecular flexibility index (Phi) is 2.10. The van der Waals surface area contributed by atoms with E-state index in [2.05, 4.69) is 20.8 Å². The maximum Gasteiger partial charge on any atom is 0.329 e. The van der Waals surface area contributed by atoms with Gasteiger partial charge in [-0.25, -0.2) is 9.48 Å². The highest BCUT2D eigenvalue weighted by molar-refractivity contribution is 5.89. The number of amides is 1. The molecule has 0 atom stereocenters. The van der Waals surface area contributed by atoms with Crippen molar-refractivity contribution in [3.63, 3.8) is 0 Å². The number of hydrogen-bond donors (Lipinski definition) is 2. The van der Waals surface area contributed by atoms with Crippen LogP contribution in [0.5, 0.6) is 0 Å². The molecule has 80 valence electrons. The van der Waals surface area contributed by atoms with Gasteiger partial charge in [0.05, 0.1) is 0 Å². The molecule has 1 amide bonds. The van der Waals surface area contributed by atoms with E-state index in [0.717, 1.165) is 0 Å². The molecule has 1 fully saturated rings. The van der Waals surface area contributed by atoms with Crippen molar-refractivity contribution in [2.75, 3.05) is 0 Å². The lowest BCUT2D eigenvalue weighted by molar-refractivity contribution is -0.143. The molecule has 0 spiro atoms. The SMILES string of the molecule is O=C(Cn1cnnn1)NC1(C(=O)O)CC1. The van der Waals surface area contributed by atoms with Crippen molar-refractivity contribution in [3.8, 4) is 0 Å². The van der Waals surface area contributed by atoms with Crippen LogP contribution in [-0.2, 0) is 16.1 Å². The molecule has 2 rings (SSSR count). The molecule has 0 aliphatic heterocycles. The van der Waals surface area contributed by atoms with E-state index in [1.807, 2.05) is 0 Å². The molecule has 1 aromatic heterocycles. The fraction of sp³-hybridized carbons (Fsp3) is 0.571. The molecule has 1 heterocycles. The molecule has 2 N–H and O–H groups in total. The lowest BCUT2D eigenvalue weighted by atomic mass is 10.3. The summed E-state index contributed by atoms with van der Waals surface area (Å²) in [6.45, 7) is -0.0674. The Balaban J connectivity index is 1.91. The number of carboxylic acid groups (broad SMARTS) is 1. The summed E-state index contributed by atoms with van der Waals surface area (Å²) in [6.07, 6.45) is 2.24.